The van der Waals surface area contributed by atoms with Crippen molar-refractivity contribution in [2.45, 2.75) is 20.4 Å². The summed E-state index contributed by atoms with van der Waals surface area (Å²) in [7, 11) is 0. The summed E-state index contributed by atoms with van der Waals surface area (Å²) >= 11 is 1.39. The summed E-state index contributed by atoms with van der Waals surface area (Å²) in [5.74, 6) is -1.30. The molecule has 1 amide bonds. The fourth-order valence-corrected chi connectivity index (χ4v) is 5.11. The number of fused-ring (bicyclic) bond motifs is 1. The average Bonchev–Trinajstić information content (AvgIpc) is 3.47. The number of pyridine rings is 2. The Hall–Kier alpha value is -4.05. The molecule has 38 heavy (non-hydrogen) atoms. The third-order valence-corrected chi connectivity index (χ3v) is 7.13. The number of aromatic nitrogens is 2. The van der Waals surface area contributed by atoms with E-state index in [1.54, 1.807) is 43.1 Å². The van der Waals surface area contributed by atoms with E-state index in [0.29, 0.717) is 53.4 Å². The summed E-state index contributed by atoms with van der Waals surface area (Å²) in [4.78, 5) is 48.6. The number of carbonyl (C=O) groups is 2. The van der Waals surface area contributed by atoms with Crippen molar-refractivity contribution in [1.82, 2.24) is 14.5 Å². The molecule has 3 aromatic heterocycles. The Bertz CT molecular complexity index is 1470. The van der Waals surface area contributed by atoms with Crippen LogP contribution in [0.5, 0.6) is 0 Å². The van der Waals surface area contributed by atoms with Gasteiger partial charge in [0, 0.05) is 37.8 Å². The van der Waals surface area contributed by atoms with Gasteiger partial charge >= 0.3 is 5.97 Å². The van der Waals surface area contributed by atoms with Gasteiger partial charge in [-0.2, -0.15) is 0 Å². The number of carbonyl (C=O) groups excluding carboxylic acids is 2. The highest BCUT2D eigenvalue weighted by Gasteiger charge is 2.31. The van der Waals surface area contributed by atoms with Crippen LogP contribution in [0.15, 0.2) is 76.8 Å². The molecule has 198 valence electrons. The first-order valence-corrected chi connectivity index (χ1v) is 13.2. The van der Waals surface area contributed by atoms with E-state index in [-0.39, 0.29) is 24.6 Å². The summed E-state index contributed by atoms with van der Waals surface area (Å²) in [5, 5.41) is 2.44. The fraction of sp³-hybridized carbons (Fsp3) is 0.286. The number of hydrogen-bond donors (Lipinski definition) is 0. The second-order valence-electron chi connectivity index (χ2n) is 8.69. The summed E-state index contributed by atoms with van der Waals surface area (Å²) in [6, 6.07) is 7.14. The molecule has 1 aliphatic heterocycles. The zero-order chi connectivity index (χ0) is 27.2. The third kappa shape index (κ3) is 5.45. The maximum atomic E-state index is 14.6. The maximum Gasteiger partial charge on any atom is 0.345 e. The monoisotopic (exact) mass is 536 g/mol. The van der Waals surface area contributed by atoms with Crippen molar-refractivity contribution in [1.29, 1.82) is 0 Å². The van der Waals surface area contributed by atoms with Gasteiger partial charge in [0.1, 0.15) is 17.0 Å². The van der Waals surface area contributed by atoms with E-state index in [4.69, 9.17) is 4.74 Å². The van der Waals surface area contributed by atoms with Gasteiger partial charge in [-0.05, 0) is 49.1 Å². The van der Waals surface area contributed by atoms with E-state index in [9.17, 15) is 18.8 Å². The molecule has 1 aliphatic rings. The molecular formula is C28H29FN4O4S. The number of amides is 1. The lowest BCUT2D eigenvalue weighted by Crippen LogP contribution is -2.49. The Morgan fingerprint density at radius 2 is 1.97 bits per heavy atom. The van der Waals surface area contributed by atoms with Crippen molar-refractivity contribution in [2.24, 2.45) is 0 Å². The molecule has 0 aromatic carbocycles. The van der Waals surface area contributed by atoms with Crippen molar-refractivity contribution >= 4 is 39.9 Å². The number of thiophene rings is 1. The molecule has 0 atom stereocenters. The van der Waals surface area contributed by atoms with Crippen LogP contribution < -0.4 is 10.5 Å². The number of piperazine rings is 1. The molecule has 0 N–H and O–H groups in total. The van der Waals surface area contributed by atoms with E-state index < -0.39 is 17.4 Å². The second kappa shape index (κ2) is 12.0. The second-order valence-corrected chi connectivity index (χ2v) is 9.64. The van der Waals surface area contributed by atoms with E-state index in [2.05, 4.69) is 11.6 Å². The van der Waals surface area contributed by atoms with Crippen LogP contribution in [0.1, 0.15) is 33.9 Å². The Labute approximate surface area is 224 Å². The summed E-state index contributed by atoms with van der Waals surface area (Å²) in [5.41, 5.74) is 0.310. The van der Waals surface area contributed by atoms with Crippen molar-refractivity contribution in [3.05, 3.63) is 92.8 Å². The highest BCUT2D eigenvalue weighted by molar-refractivity contribution is 7.12. The molecule has 0 unspecified atom stereocenters. The topological polar surface area (TPSA) is 84.7 Å². The predicted octanol–water partition coefficient (Wildman–Crippen LogP) is 4.58. The van der Waals surface area contributed by atoms with Crippen molar-refractivity contribution < 1.29 is 18.7 Å². The lowest BCUT2D eigenvalue weighted by Gasteiger charge is -2.37. The number of nitrogens with zero attached hydrogens (tertiary/aromatic N) is 4. The van der Waals surface area contributed by atoms with Crippen molar-refractivity contribution in [2.75, 3.05) is 37.7 Å². The Kier molecular flexibility index (Phi) is 8.52. The van der Waals surface area contributed by atoms with Crippen LogP contribution in [0.25, 0.3) is 11.0 Å². The zero-order valence-corrected chi connectivity index (χ0v) is 22.2. The van der Waals surface area contributed by atoms with Gasteiger partial charge in [0.05, 0.1) is 23.7 Å². The van der Waals surface area contributed by atoms with E-state index >= 15 is 0 Å². The Morgan fingerprint density at radius 3 is 2.63 bits per heavy atom. The first kappa shape index (κ1) is 27.0. The predicted molar refractivity (Wildman–Crippen MR) is 148 cm³/mol. The summed E-state index contributed by atoms with van der Waals surface area (Å²) in [6.07, 6.45) is 5.74. The number of allylic oxidation sites excluding steroid dienone is 5. The van der Waals surface area contributed by atoms with Crippen LogP contribution in [-0.4, -0.2) is 59.1 Å². The minimum Gasteiger partial charge on any atom is -0.462 e. The third-order valence-electron chi connectivity index (χ3n) is 6.27. The molecule has 1 fully saturated rings. The molecule has 10 heteroatoms. The van der Waals surface area contributed by atoms with Gasteiger partial charge in [-0.25, -0.2) is 14.2 Å². The number of anilines is 1. The van der Waals surface area contributed by atoms with Gasteiger partial charge in [-0.1, -0.05) is 24.8 Å². The standard InChI is InChI=1S/C28H29FN4O4S/c1-4-6-10-21(29)19(3)18-33-25-20(9-7-12-30-25)24(23(27(33)35)28(36)37-5-2)31-13-15-32(16-14-31)26(34)22-11-8-17-38-22/h4,6-12,17H,1,5,13-16,18H2,2-3H3/b10-6-,21-19-. The number of esters is 1. The number of rotatable bonds is 8. The minimum absolute atomic E-state index is 0.0398. The van der Waals surface area contributed by atoms with Gasteiger partial charge < -0.3 is 14.5 Å². The highest BCUT2D eigenvalue weighted by atomic mass is 32.1. The van der Waals surface area contributed by atoms with Crippen LogP contribution in [0.4, 0.5) is 10.1 Å². The smallest absolute Gasteiger partial charge is 0.345 e. The van der Waals surface area contributed by atoms with Crippen LogP contribution in [-0.2, 0) is 11.3 Å². The molecule has 0 spiro atoms. The fourth-order valence-electron chi connectivity index (χ4n) is 4.42. The highest BCUT2D eigenvalue weighted by Crippen LogP contribution is 2.30. The SMILES string of the molecule is C=C/C=C\C(F)=C(/C)Cn1c(=O)c(C(=O)OCC)c(N2CCN(C(=O)c3cccs3)CC2)c2cccnc21. The van der Waals surface area contributed by atoms with Crippen LogP contribution >= 0.6 is 11.3 Å². The van der Waals surface area contributed by atoms with Crippen LogP contribution in [0, 0.1) is 0 Å². The van der Waals surface area contributed by atoms with Crippen LogP contribution in [0.3, 0.4) is 0 Å². The minimum atomic E-state index is -0.752. The van der Waals surface area contributed by atoms with Gasteiger partial charge in [0.25, 0.3) is 11.5 Å². The number of halogens is 1. The molecule has 0 saturated carbocycles. The quantitative estimate of drug-likeness (QED) is 0.310. The first-order valence-electron chi connectivity index (χ1n) is 12.3. The molecule has 1 saturated heterocycles. The maximum absolute atomic E-state index is 14.6. The zero-order valence-electron chi connectivity index (χ0n) is 21.4. The van der Waals surface area contributed by atoms with E-state index in [1.165, 1.54) is 34.1 Å². The van der Waals surface area contributed by atoms with Crippen molar-refractivity contribution in [3.63, 3.8) is 0 Å². The molecule has 0 bridgehead atoms. The Balaban J connectivity index is 1.79. The van der Waals surface area contributed by atoms with E-state index in [0.717, 1.165) is 0 Å². The number of hydrogen-bond acceptors (Lipinski definition) is 7. The molecule has 8 nitrogen and oxygen atoms in total. The lowest BCUT2D eigenvalue weighted by atomic mass is 10.1. The Morgan fingerprint density at radius 1 is 1.21 bits per heavy atom. The molecule has 0 aliphatic carbocycles. The lowest BCUT2D eigenvalue weighted by molar-refractivity contribution is 0.0523. The number of ether oxygens (including phenoxy) is 1. The summed E-state index contributed by atoms with van der Waals surface area (Å²) < 4.78 is 21.2. The largest absolute Gasteiger partial charge is 0.462 e. The van der Waals surface area contributed by atoms with Crippen molar-refractivity contribution in [3.8, 4) is 0 Å². The average molecular weight is 537 g/mol. The summed E-state index contributed by atoms with van der Waals surface area (Å²) in [6.45, 7) is 8.45. The first-order chi connectivity index (χ1) is 18.4. The van der Waals surface area contributed by atoms with Crippen LogP contribution in [0.2, 0.25) is 0 Å². The normalized spacial score (nSPS) is 14.6. The molecule has 3 aromatic rings. The molecule has 4 rings (SSSR count). The molecule has 0 radical (unpaired) electrons. The molecule has 4 heterocycles. The molecular weight excluding hydrogens is 507 g/mol. The van der Waals surface area contributed by atoms with Gasteiger partial charge in [0.2, 0.25) is 0 Å². The van der Waals surface area contributed by atoms with Gasteiger partial charge in [-0.3, -0.25) is 14.2 Å². The van der Waals surface area contributed by atoms with Gasteiger partial charge in [-0.15, -0.1) is 11.3 Å². The van der Waals surface area contributed by atoms with E-state index in [1.807, 2.05) is 16.3 Å². The van der Waals surface area contributed by atoms with Gasteiger partial charge in [0.15, 0.2) is 0 Å².